The molecule has 5 nitrogen and oxygen atoms in total. The standard InChI is InChI=1S/C20H21FN2O3/c1-26-18-6-5-15-7-8-23(13-16(15)11-18)20(25)12-22-19(24)10-14-3-2-4-17(21)9-14/h2-6,9,11H,7-8,10,12-13H2,1H3,(H,22,24). The van der Waals surface area contributed by atoms with Crippen LogP contribution in [0.5, 0.6) is 5.75 Å². The van der Waals surface area contributed by atoms with E-state index in [1.165, 1.54) is 17.7 Å². The lowest BCUT2D eigenvalue weighted by molar-refractivity contribution is -0.133. The summed E-state index contributed by atoms with van der Waals surface area (Å²) < 4.78 is 18.4. The quantitative estimate of drug-likeness (QED) is 0.892. The molecule has 2 amide bonds. The van der Waals surface area contributed by atoms with E-state index in [0.29, 0.717) is 18.7 Å². The van der Waals surface area contributed by atoms with E-state index in [9.17, 15) is 14.0 Å². The van der Waals surface area contributed by atoms with Gasteiger partial charge in [0.25, 0.3) is 0 Å². The number of rotatable bonds is 5. The molecule has 3 rings (SSSR count). The lowest BCUT2D eigenvalue weighted by Crippen LogP contribution is -2.42. The van der Waals surface area contributed by atoms with Crippen LogP contribution in [0.3, 0.4) is 0 Å². The van der Waals surface area contributed by atoms with Crippen molar-refractivity contribution in [3.05, 3.63) is 65.0 Å². The number of halogens is 1. The van der Waals surface area contributed by atoms with Gasteiger partial charge in [0.05, 0.1) is 20.1 Å². The van der Waals surface area contributed by atoms with Crippen molar-refractivity contribution < 1.29 is 18.7 Å². The van der Waals surface area contributed by atoms with E-state index in [2.05, 4.69) is 5.32 Å². The first-order chi connectivity index (χ1) is 12.5. The van der Waals surface area contributed by atoms with Crippen molar-refractivity contribution >= 4 is 11.8 Å². The van der Waals surface area contributed by atoms with Crippen molar-refractivity contribution in [3.63, 3.8) is 0 Å². The van der Waals surface area contributed by atoms with Gasteiger partial charge in [-0.15, -0.1) is 0 Å². The smallest absolute Gasteiger partial charge is 0.242 e. The summed E-state index contributed by atoms with van der Waals surface area (Å²) >= 11 is 0. The fourth-order valence-electron chi connectivity index (χ4n) is 3.05. The molecule has 1 aliphatic heterocycles. The first-order valence-electron chi connectivity index (χ1n) is 8.50. The van der Waals surface area contributed by atoms with Crippen molar-refractivity contribution in [2.45, 2.75) is 19.4 Å². The predicted octanol–water partition coefficient (Wildman–Crippen LogP) is 2.08. The van der Waals surface area contributed by atoms with E-state index in [1.807, 2.05) is 18.2 Å². The highest BCUT2D eigenvalue weighted by atomic mass is 19.1. The first kappa shape index (κ1) is 17.9. The summed E-state index contributed by atoms with van der Waals surface area (Å²) in [5, 5.41) is 2.62. The Labute approximate surface area is 151 Å². The number of methoxy groups -OCH3 is 1. The van der Waals surface area contributed by atoms with Crippen LogP contribution in [0.2, 0.25) is 0 Å². The second kappa shape index (κ2) is 7.99. The molecule has 0 radical (unpaired) electrons. The van der Waals surface area contributed by atoms with Gasteiger partial charge in [-0.1, -0.05) is 18.2 Å². The van der Waals surface area contributed by atoms with Crippen LogP contribution in [-0.2, 0) is 29.0 Å². The first-order valence-corrected chi connectivity index (χ1v) is 8.50. The largest absolute Gasteiger partial charge is 0.497 e. The lowest BCUT2D eigenvalue weighted by atomic mass is 9.99. The van der Waals surface area contributed by atoms with Crippen LogP contribution < -0.4 is 10.1 Å². The summed E-state index contributed by atoms with van der Waals surface area (Å²) in [4.78, 5) is 26.1. The average molecular weight is 356 g/mol. The van der Waals surface area contributed by atoms with Crippen LogP contribution in [0.25, 0.3) is 0 Å². The minimum atomic E-state index is -0.381. The molecule has 0 saturated carbocycles. The maximum atomic E-state index is 13.1. The molecule has 2 aromatic rings. The van der Waals surface area contributed by atoms with E-state index in [0.717, 1.165) is 17.7 Å². The fraction of sp³-hybridized carbons (Fsp3) is 0.300. The summed E-state index contributed by atoms with van der Waals surface area (Å²) in [6.45, 7) is 1.07. The summed E-state index contributed by atoms with van der Waals surface area (Å²) in [7, 11) is 1.61. The number of carbonyl (C=O) groups is 2. The predicted molar refractivity (Wildman–Crippen MR) is 95.2 cm³/mol. The van der Waals surface area contributed by atoms with Crippen LogP contribution in [0.15, 0.2) is 42.5 Å². The maximum Gasteiger partial charge on any atom is 0.242 e. The number of hydrogen-bond donors (Lipinski definition) is 1. The number of nitrogens with one attached hydrogen (secondary N) is 1. The fourth-order valence-corrected chi connectivity index (χ4v) is 3.05. The maximum absolute atomic E-state index is 13.1. The van der Waals surface area contributed by atoms with Gasteiger partial charge in [0, 0.05) is 13.1 Å². The minimum absolute atomic E-state index is 0.0467. The molecular formula is C20H21FN2O3. The van der Waals surface area contributed by atoms with E-state index in [4.69, 9.17) is 4.74 Å². The molecule has 26 heavy (non-hydrogen) atoms. The number of ether oxygens (including phenoxy) is 1. The highest BCUT2D eigenvalue weighted by molar-refractivity contribution is 5.85. The van der Waals surface area contributed by atoms with E-state index >= 15 is 0 Å². The molecule has 2 aromatic carbocycles. The molecule has 0 spiro atoms. The number of benzene rings is 2. The minimum Gasteiger partial charge on any atom is -0.497 e. The normalized spacial score (nSPS) is 13.1. The van der Waals surface area contributed by atoms with Gasteiger partial charge >= 0.3 is 0 Å². The van der Waals surface area contributed by atoms with Crippen LogP contribution in [0, 0.1) is 5.82 Å². The molecule has 0 saturated heterocycles. The highest BCUT2D eigenvalue weighted by Gasteiger charge is 2.21. The van der Waals surface area contributed by atoms with Gasteiger partial charge in [-0.3, -0.25) is 9.59 Å². The zero-order valence-electron chi connectivity index (χ0n) is 14.6. The monoisotopic (exact) mass is 356 g/mol. The molecule has 0 atom stereocenters. The van der Waals surface area contributed by atoms with Crippen molar-refractivity contribution in [2.24, 2.45) is 0 Å². The van der Waals surface area contributed by atoms with Crippen molar-refractivity contribution in [3.8, 4) is 5.75 Å². The number of amides is 2. The SMILES string of the molecule is COc1ccc2c(c1)CN(C(=O)CNC(=O)Cc1cccc(F)c1)CC2. The third-order valence-corrected chi connectivity index (χ3v) is 4.47. The molecule has 0 aliphatic carbocycles. The van der Waals surface area contributed by atoms with Crippen molar-refractivity contribution in [1.82, 2.24) is 10.2 Å². The van der Waals surface area contributed by atoms with E-state index < -0.39 is 0 Å². The summed E-state index contributed by atoms with van der Waals surface area (Å²) in [5.41, 5.74) is 2.86. The average Bonchev–Trinajstić information content (AvgIpc) is 2.65. The van der Waals surface area contributed by atoms with Crippen molar-refractivity contribution in [2.75, 3.05) is 20.2 Å². The van der Waals surface area contributed by atoms with Gasteiger partial charge in [-0.05, 0) is 47.4 Å². The summed E-state index contributed by atoms with van der Waals surface area (Å²) in [6.07, 6.45) is 0.827. The molecule has 0 unspecified atom stereocenters. The summed E-state index contributed by atoms with van der Waals surface area (Å²) in [5.74, 6) is -0.0516. The van der Waals surface area contributed by atoms with Gasteiger partial charge in [-0.2, -0.15) is 0 Å². The Morgan fingerprint density at radius 2 is 2.04 bits per heavy atom. The summed E-state index contributed by atoms with van der Waals surface area (Å²) in [6, 6.07) is 11.8. The second-order valence-corrected chi connectivity index (χ2v) is 6.28. The van der Waals surface area contributed by atoms with Crippen LogP contribution in [0.1, 0.15) is 16.7 Å². The van der Waals surface area contributed by atoms with Crippen LogP contribution in [0.4, 0.5) is 4.39 Å². The molecule has 0 fully saturated rings. The van der Waals surface area contributed by atoms with Crippen LogP contribution in [-0.4, -0.2) is 36.9 Å². The molecule has 1 N–H and O–H groups in total. The third-order valence-electron chi connectivity index (χ3n) is 4.47. The Kier molecular flexibility index (Phi) is 5.51. The molecule has 6 heteroatoms. The molecule has 0 bridgehead atoms. The zero-order valence-corrected chi connectivity index (χ0v) is 14.6. The zero-order chi connectivity index (χ0) is 18.5. The highest BCUT2D eigenvalue weighted by Crippen LogP contribution is 2.23. The molecule has 1 heterocycles. The Hall–Kier alpha value is -2.89. The van der Waals surface area contributed by atoms with Crippen molar-refractivity contribution in [1.29, 1.82) is 0 Å². The second-order valence-electron chi connectivity index (χ2n) is 6.28. The number of hydrogen-bond acceptors (Lipinski definition) is 3. The number of nitrogens with zero attached hydrogens (tertiary/aromatic N) is 1. The van der Waals surface area contributed by atoms with Gasteiger partial charge in [0.2, 0.25) is 11.8 Å². The Bertz CT molecular complexity index is 822. The molecule has 136 valence electrons. The Balaban J connectivity index is 1.53. The molecular weight excluding hydrogens is 335 g/mol. The number of fused-ring (bicyclic) bond motifs is 1. The lowest BCUT2D eigenvalue weighted by Gasteiger charge is -2.29. The van der Waals surface area contributed by atoms with Crippen LogP contribution >= 0.6 is 0 Å². The molecule has 1 aliphatic rings. The van der Waals surface area contributed by atoms with Gasteiger partial charge in [0.1, 0.15) is 11.6 Å². The Morgan fingerprint density at radius 1 is 1.19 bits per heavy atom. The Morgan fingerprint density at radius 3 is 2.81 bits per heavy atom. The van der Waals surface area contributed by atoms with Gasteiger partial charge in [-0.25, -0.2) is 4.39 Å². The third kappa shape index (κ3) is 4.39. The van der Waals surface area contributed by atoms with E-state index in [-0.39, 0.29) is 30.6 Å². The topological polar surface area (TPSA) is 58.6 Å². The van der Waals surface area contributed by atoms with E-state index in [1.54, 1.807) is 24.1 Å². The molecule has 0 aromatic heterocycles. The van der Waals surface area contributed by atoms with Gasteiger partial charge in [0.15, 0.2) is 0 Å². The number of carbonyl (C=O) groups excluding carboxylic acids is 2. The van der Waals surface area contributed by atoms with Gasteiger partial charge < -0.3 is 15.0 Å².